The Morgan fingerprint density at radius 3 is 2.64 bits per heavy atom. The third kappa shape index (κ3) is 3.77. The molecular formula is C18H16N4O3. The average molecular weight is 336 g/mol. The normalized spacial score (nSPS) is 17.2. The lowest BCUT2D eigenvalue weighted by atomic mass is 9.94. The van der Waals surface area contributed by atoms with E-state index >= 15 is 0 Å². The summed E-state index contributed by atoms with van der Waals surface area (Å²) in [6, 6.07) is 13.8. The summed E-state index contributed by atoms with van der Waals surface area (Å²) in [6.45, 7) is 1.96. The van der Waals surface area contributed by atoms with Gasteiger partial charge in [0.25, 0.3) is 5.69 Å². The molecule has 0 spiro atoms. The van der Waals surface area contributed by atoms with E-state index in [4.69, 9.17) is 0 Å². The van der Waals surface area contributed by atoms with Gasteiger partial charge < -0.3 is 0 Å². The van der Waals surface area contributed by atoms with Crippen molar-refractivity contribution in [2.45, 2.75) is 13.3 Å². The fourth-order valence-electron chi connectivity index (χ4n) is 2.63. The SMILES string of the molecule is CC1CC(=O)NN=C1c1ccc(/N=C\c2ccccc2[N+](=O)[O-])cc1. The quantitative estimate of drug-likeness (QED) is 0.527. The molecule has 7 heteroatoms. The van der Waals surface area contributed by atoms with Crippen molar-refractivity contribution in [1.29, 1.82) is 0 Å². The first-order valence-corrected chi connectivity index (χ1v) is 7.79. The highest BCUT2D eigenvalue weighted by molar-refractivity contribution is 6.05. The van der Waals surface area contributed by atoms with Crippen molar-refractivity contribution in [2.24, 2.45) is 16.0 Å². The highest BCUT2D eigenvalue weighted by Crippen LogP contribution is 2.21. The van der Waals surface area contributed by atoms with Gasteiger partial charge in [-0.15, -0.1) is 0 Å². The molecule has 0 bridgehead atoms. The molecule has 0 saturated carbocycles. The van der Waals surface area contributed by atoms with Gasteiger partial charge >= 0.3 is 0 Å². The van der Waals surface area contributed by atoms with Gasteiger partial charge in [0.15, 0.2) is 0 Å². The summed E-state index contributed by atoms with van der Waals surface area (Å²) in [5, 5.41) is 15.1. The van der Waals surface area contributed by atoms with E-state index in [1.165, 1.54) is 12.3 Å². The lowest BCUT2D eigenvalue weighted by molar-refractivity contribution is -0.385. The summed E-state index contributed by atoms with van der Waals surface area (Å²) in [4.78, 5) is 26.2. The molecule has 126 valence electrons. The number of carbonyl (C=O) groups excluding carboxylic acids is 1. The van der Waals surface area contributed by atoms with Crippen LogP contribution in [-0.4, -0.2) is 22.8 Å². The van der Waals surface area contributed by atoms with E-state index in [1.807, 2.05) is 31.2 Å². The van der Waals surface area contributed by atoms with Crippen LogP contribution in [0.25, 0.3) is 0 Å². The van der Waals surface area contributed by atoms with Crippen molar-refractivity contribution in [3.8, 4) is 0 Å². The Hall–Kier alpha value is -3.35. The van der Waals surface area contributed by atoms with Gasteiger partial charge in [-0.3, -0.25) is 19.9 Å². The molecule has 1 unspecified atom stereocenters. The number of nitro groups is 1. The van der Waals surface area contributed by atoms with Gasteiger partial charge in [0.05, 0.1) is 21.9 Å². The van der Waals surface area contributed by atoms with Gasteiger partial charge in [-0.25, -0.2) is 5.43 Å². The first-order valence-electron chi connectivity index (χ1n) is 7.79. The minimum atomic E-state index is -0.429. The lowest BCUT2D eigenvalue weighted by Crippen LogP contribution is -2.31. The van der Waals surface area contributed by atoms with Crippen molar-refractivity contribution >= 4 is 29.2 Å². The van der Waals surface area contributed by atoms with Crippen LogP contribution >= 0.6 is 0 Å². The monoisotopic (exact) mass is 336 g/mol. The molecule has 1 amide bonds. The lowest BCUT2D eigenvalue weighted by Gasteiger charge is -2.19. The Morgan fingerprint density at radius 1 is 1.24 bits per heavy atom. The predicted octanol–water partition coefficient (Wildman–Crippen LogP) is 3.21. The molecule has 1 atom stereocenters. The van der Waals surface area contributed by atoms with E-state index in [0.717, 1.165) is 11.3 Å². The second-order valence-corrected chi connectivity index (χ2v) is 5.76. The zero-order chi connectivity index (χ0) is 17.8. The third-order valence-electron chi connectivity index (χ3n) is 3.91. The van der Waals surface area contributed by atoms with Crippen LogP contribution in [0.1, 0.15) is 24.5 Å². The number of hydrogen-bond acceptors (Lipinski definition) is 5. The maximum atomic E-state index is 11.3. The van der Waals surface area contributed by atoms with Crippen molar-refractivity contribution in [3.63, 3.8) is 0 Å². The molecule has 0 aliphatic carbocycles. The minimum Gasteiger partial charge on any atom is -0.273 e. The number of rotatable bonds is 4. The number of para-hydroxylation sites is 1. The number of hydrazone groups is 1. The number of amides is 1. The van der Waals surface area contributed by atoms with Crippen LogP contribution in [0, 0.1) is 16.0 Å². The van der Waals surface area contributed by atoms with E-state index in [0.29, 0.717) is 17.7 Å². The molecule has 0 aromatic heterocycles. The fraction of sp³-hybridized carbons (Fsp3) is 0.167. The molecule has 2 aromatic rings. The summed E-state index contributed by atoms with van der Waals surface area (Å²) in [7, 11) is 0. The van der Waals surface area contributed by atoms with Crippen molar-refractivity contribution in [2.75, 3.05) is 0 Å². The summed E-state index contributed by atoms with van der Waals surface area (Å²) >= 11 is 0. The highest BCUT2D eigenvalue weighted by atomic mass is 16.6. The van der Waals surface area contributed by atoms with Crippen molar-refractivity contribution in [3.05, 3.63) is 69.8 Å². The van der Waals surface area contributed by atoms with E-state index < -0.39 is 4.92 Å². The maximum Gasteiger partial charge on any atom is 0.278 e. The smallest absolute Gasteiger partial charge is 0.273 e. The zero-order valence-corrected chi connectivity index (χ0v) is 13.5. The number of benzene rings is 2. The van der Waals surface area contributed by atoms with Gasteiger partial charge in [-0.1, -0.05) is 31.2 Å². The summed E-state index contributed by atoms with van der Waals surface area (Å²) in [5.74, 6) is -0.0306. The average Bonchev–Trinajstić information content (AvgIpc) is 2.61. The second kappa shape index (κ2) is 7.04. The molecule has 2 aromatic carbocycles. The van der Waals surface area contributed by atoms with Gasteiger partial charge in [0, 0.05) is 24.6 Å². The van der Waals surface area contributed by atoms with Crippen LogP contribution in [0.4, 0.5) is 11.4 Å². The summed E-state index contributed by atoms with van der Waals surface area (Å²) in [5.41, 5.74) is 5.38. The molecule has 25 heavy (non-hydrogen) atoms. The van der Waals surface area contributed by atoms with Crippen LogP contribution < -0.4 is 5.43 Å². The van der Waals surface area contributed by atoms with Crippen LogP contribution in [0.3, 0.4) is 0 Å². The van der Waals surface area contributed by atoms with E-state index in [1.54, 1.807) is 18.2 Å². The molecule has 0 radical (unpaired) electrons. The number of aliphatic imine (C=N–C) groups is 1. The summed E-state index contributed by atoms with van der Waals surface area (Å²) in [6.07, 6.45) is 1.89. The van der Waals surface area contributed by atoms with Gasteiger partial charge in [-0.05, 0) is 23.8 Å². The Labute approximate surface area is 144 Å². The number of nitro benzene ring substituents is 1. The van der Waals surface area contributed by atoms with Crippen LogP contribution in [-0.2, 0) is 4.79 Å². The second-order valence-electron chi connectivity index (χ2n) is 5.76. The van der Waals surface area contributed by atoms with Crippen LogP contribution in [0.5, 0.6) is 0 Å². The number of nitrogens with one attached hydrogen (secondary N) is 1. The van der Waals surface area contributed by atoms with E-state index in [-0.39, 0.29) is 17.5 Å². The molecular weight excluding hydrogens is 320 g/mol. The molecule has 3 rings (SSSR count). The highest BCUT2D eigenvalue weighted by Gasteiger charge is 2.21. The minimum absolute atomic E-state index is 0.0176. The predicted molar refractivity (Wildman–Crippen MR) is 95.3 cm³/mol. The number of nitrogens with zero attached hydrogens (tertiary/aromatic N) is 3. The molecule has 0 saturated heterocycles. The molecule has 1 aliphatic rings. The Kier molecular flexibility index (Phi) is 4.65. The van der Waals surface area contributed by atoms with Crippen molar-refractivity contribution in [1.82, 2.24) is 5.43 Å². The Morgan fingerprint density at radius 2 is 1.96 bits per heavy atom. The largest absolute Gasteiger partial charge is 0.278 e. The Bertz CT molecular complexity index is 872. The third-order valence-corrected chi connectivity index (χ3v) is 3.91. The topological polar surface area (TPSA) is 97.0 Å². The Balaban J connectivity index is 1.80. The van der Waals surface area contributed by atoms with Gasteiger partial charge in [0.2, 0.25) is 5.91 Å². The molecule has 1 aliphatic heterocycles. The van der Waals surface area contributed by atoms with Crippen LogP contribution in [0.15, 0.2) is 58.6 Å². The van der Waals surface area contributed by atoms with Gasteiger partial charge in [0.1, 0.15) is 0 Å². The fourth-order valence-corrected chi connectivity index (χ4v) is 2.63. The summed E-state index contributed by atoms with van der Waals surface area (Å²) < 4.78 is 0. The first kappa shape index (κ1) is 16.5. The zero-order valence-electron chi connectivity index (χ0n) is 13.5. The van der Waals surface area contributed by atoms with Crippen LogP contribution in [0.2, 0.25) is 0 Å². The number of hydrogen-bond donors (Lipinski definition) is 1. The molecule has 7 nitrogen and oxygen atoms in total. The molecule has 0 fully saturated rings. The van der Waals surface area contributed by atoms with Crippen molar-refractivity contribution < 1.29 is 9.72 Å². The van der Waals surface area contributed by atoms with Gasteiger partial charge in [-0.2, -0.15) is 5.10 Å². The molecule has 1 N–H and O–H groups in total. The maximum absolute atomic E-state index is 11.3. The molecule has 1 heterocycles. The van der Waals surface area contributed by atoms with E-state index in [2.05, 4.69) is 15.5 Å². The number of carbonyl (C=O) groups is 1. The van der Waals surface area contributed by atoms with E-state index in [9.17, 15) is 14.9 Å². The standard InChI is InChI=1S/C18H16N4O3/c1-12-10-17(23)20-21-18(12)13-6-8-15(9-7-13)19-11-14-4-2-3-5-16(14)22(24)25/h2-9,11-12H,10H2,1H3,(H,20,23)/b19-11-. The first-order chi connectivity index (χ1) is 12.0.